The lowest BCUT2D eigenvalue weighted by Crippen LogP contribution is -3.13. The molecule has 19 heavy (non-hydrogen) atoms. The van der Waals surface area contributed by atoms with Gasteiger partial charge in [-0.1, -0.05) is 18.3 Å². The van der Waals surface area contributed by atoms with Gasteiger partial charge in [0.15, 0.2) is 0 Å². The van der Waals surface area contributed by atoms with Gasteiger partial charge in [0.25, 0.3) is 0 Å². The van der Waals surface area contributed by atoms with Crippen LogP contribution in [0.4, 0.5) is 4.39 Å². The van der Waals surface area contributed by atoms with Crippen molar-refractivity contribution in [3.63, 3.8) is 0 Å². The standard InChI is InChI=1S/C14H10FNO2S/c15-14-9-6-10(14)8-11(14)7(9)13(6,8)12(17)18-16-4-2-1-3-5(16)19/h1-4,6-11H. The first-order chi connectivity index (χ1) is 9.14. The van der Waals surface area contributed by atoms with Gasteiger partial charge < -0.3 is 4.84 Å². The van der Waals surface area contributed by atoms with Crippen LogP contribution in [0.25, 0.3) is 0 Å². The van der Waals surface area contributed by atoms with Crippen molar-refractivity contribution in [1.82, 2.24) is 4.73 Å². The maximum Gasteiger partial charge on any atom is 0.339 e. The Balaban J connectivity index is 1.34. The Morgan fingerprint density at radius 1 is 1.21 bits per heavy atom. The van der Waals surface area contributed by atoms with Crippen LogP contribution in [0.2, 0.25) is 0 Å². The lowest BCUT2D eigenvalue weighted by atomic mass is 8.95. The largest absolute Gasteiger partial charge is 0.339 e. The molecule has 0 saturated heterocycles. The Bertz CT molecular complexity index is 687. The predicted octanol–water partition coefficient (Wildman–Crippen LogP) is 1.63. The molecule has 6 saturated carbocycles. The molecule has 0 bridgehead atoms. The molecule has 6 aliphatic carbocycles. The van der Waals surface area contributed by atoms with E-state index in [-0.39, 0.29) is 46.9 Å². The third-order valence-corrected chi connectivity index (χ3v) is 7.15. The second-order valence-corrected chi connectivity index (χ2v) is 7.08. The molecular formula is C14H10FNO2S. The lowest BCUT2D eigenvalue weighted by Gasteiger charge is -3.07. The van der Waals surface area contributed by atoms with Crippen LogP contribution in [0, 0.1) is 45.6 Å². The van der Waals surface area contributed by atoms with Gasteiger partial charge in [-0.05, 0) is 29.9 Å². The minimum Gasteiger partial charge on any atom is -0.335 e. The Morgan fingerprint density at radius 2 is 1.84 bits per heavy atom. The molecule has 5 heteroatoms. The minimum absolute atomic E-state index is 0.180. The summed E-state index contributed by atoms with van der Waals surface area (Å²) in [4.78, 5) is 17.9. The van der Waals surface area contributed by atoms with Gasteiger partial charge in [0, 0.05) is 24.0 Å². The number of halogens is 1. The highest BCUT2D eigenvalue weighted by atomic mass is 32.1. The van der Waals surface area contributed by atoms with Crippen molar-refractivity contribution in [2.24, 2.45) is 40.9 Å². The molecule has 1 aromatic heterocycles. The summed E-state index contributed by atoms with van der Waals surface area (Å²) in [5, 5.41) is 0. The summed E-state index contributed by atoms with van der Waals surface area (Å²) in [6.45, 7) is 0. The molecule has 1 heterocycles. The highest BCUT2D eigenvalue weighted by molar-refractivity contribution is 7.71. The third-order valence-electron chi connectivity index (χ3n) is 6.83. The van der Waals surface area contributed by atoms with Gasteiger partial charge in [0.1, 0.15) is 10.3 Å². The SMILES string of the molecule is O=C(On1ccccc1=S)C12C3C4C1C1C2C3C41F. The van der Waals surface area contributed by atoms with Crippen molar-refractivity contribution >= 4 is 18.2 Å². The summed E-state index contributed by atoms with van der Waals surface area (Å²) < 4.78 is 16.0. The molecule has 0 spiro atoms. The fourth-order valence-corrected chi connectivity index (χ4v) is 6.64. The quantitative estimate of drug-likeness (QED) is 0.769. The Labute approximate surface area is 113 Å². The fraction of sp³-hybridized carbons (Fsp3) is 0.571. The molecular weight excluding hydrogens is 265 g/mol. The van der Waals surface area contributed by atoms with Crippen LogP contribution in [0.5, 0.6) is 0 Å². The summed E-state index contributed by atoms with van der Waals surface area (Å²) in [5.41, 5.74) is -1.18. The van der Waals surface area contributed by atoms with Crippen molar-refractivity contribution < 1.29 is 14.0 Å². The number of nitrogens with zero attached hydrogens (tertiary/aromatic N) is 1. The Hall–Kier alpha value is -1.23. The van der Waals surface area contributed by atoms with Crippen LogP contribution in [0.3, 0.4) is 0 Å². The first kappa shape index (κ1) is 9.64. The number of aromatic nitrogens is 1. The first-order valence-electron chi connectivity index (χ1n) is 6.74. The van der Waals surface area contributed by atoms with Gasteiger partial charge in [-0.15, -0.1) is 0 Å². The molecule has 3 nitrogen and oxygen atoms in total. The van der Waals surface area contributed by atoms with Crippen molar-refractivity contribution in [2.45, 2.75) is 5.67 Å². The van der Waals surface area contributed by atoms with E-state index < -0.39 is 5.67 Å². The molecule has 6 fully saturated rings. The smallest absolute Gasteiger partial charge is 0.335 e. The van der Waals surface area contributed by atoms with Crippen LogP contribution in [-0.2, 0) is 4.79 Å². The number of carbonyl (C=O) groups is 1. The zero-order valence-electron chi connectivity index (χ0n) is 9.82. The summed E-state index contributed by atoms with van der Waals surface area (Å²) in [6.07, 6.45) is 1.65. The van der Waals surface area contributed by atoms with E-state index in [9.17, 15) is 9.18 Å². The highest BCUT2D eigenvalue weighted by Gasteiger charge is 3.13. The van der Waals surface area contributed by atoms with Crippen LogP contribution in [0.15, 0.2) is 24.4 Å². The minimum atomic E-state index is -0.856. The van der Waals surface area contributed by atoms with Crippen LogP contribution < -0.4 is 4.84 Å². The summed E-state index contributed by atoms with van der Waals surface area (Å²) in [5.74, 6) is 1.21. The van der Waals surface area contributed by atoms with E-state index in [1.807, 2.05) is 6.07 Å². The van der Waals surface area contributed by atoms with E-state index in [4.69, 9.17) is 17.1 Å². The van der Waals surface area contributed by atoms with Gasteiger partial charge in [-0.3, -0.25) is 0 Å². The Kier molecular flexibility index (Phi) is 1.16. The second kappa shape index (κ2) is 2.28. The monoisotopic (exact) mass is 275 g/mol. The molecule has 0 aliphatic heterocycles. The maximum atomic E-state index is 14.2. The molecule has 0 unspecified atom stereocenters. The van der Waals surface area contributed by atoms with E-state index in [1.54, 1.807) is 18.3 Å². The molecule has 1 aromatic rings. The molecule has 96 valence electrons. The maximum absolute atomic E-state index is 14.2. The average Bonchev–Trinajstić information content (AvgIpc) is 2.42. The third kappa shape index (κ3) is 0.575. The van der Waals surface area contributed by atoms with Crippen LogP contribution in [-0.4, -0.2) is 16.4 Å². The number of hydrogen-bond donors (Lipinski definition) is 0. The highest BCUT2D eigenvalue weighted by Crippen LogP contribution is 3.08. The number of rotatable bonds is 2. The van der Waals surface area contributed by atoms with E-state index in [1.165, 1.54) is 4.73 Å². The first-order valence-corrected chi connectivity index (χ1v) is 7.14. The average molecular weight is 275 g/mol. The molecule has 0 aromatic carbocycles. The normalized spacial score (nSPS) is 59.6. The molecule has 7 rings (SSSR count). The topological polar surface area (TPSA) is 31.2 Å². The molecule has 0 atom stereocenters. The van der Waals surface area contributed by atoms with E-state index in [0.717, 1.165) is 0 Å². The lowest BCUT2D eigenvalue weighted by molar-refractivity contribution is -0.633. The van der Waals surface area contributed by atoms with Gasteiger partial charge in [0.2, 0.25) is 0 Å². The van der Waals surface area contributed by atoms with Crippen molar-refractivity contribution in [3.8, 4) is 0 Å². The molecule has 0 N–H and O–H groups in total. The van der Waals surface area contributed by atoms with E-state index in [2.05, 4.69) is 0 Å². The molecule has 0 amide bonds. The van der Waals surface area contributed by atoms with Crippen LogP contribution >= 0.6 is 12.2 Å². The van der Waals surface area contributed by atoms with Crippen molar-refractivity contribution in [2.75, 3.05) is 0 Å². The van der Waals surface area contributed by atoms with Crippen molar-refractivity contribution in [3.05, 3.63) is 29.0 Å². The summed E-state index contributed by atoms with van der Waals surface area (Å²) in [7, 11) is 0. The number of carbonyl (C=O) groups excluding carboxylic acids is 1. The number of hydrogen-bond acceptors (Lipinski definition) is 3. The number of pyridine rings is 1. The summed E-state index contributed by atoms with van der Waals surface area (Å²) in [6, 6.07) is 5.31. The van der Waals surface area contributed by atoms with E-state index in [0.29, 0.717) is 4.64 Å². The fourth-order valence-electron chi connectivity index (χ4n) is 6.46. The zero-order valence-corrected chi connectivity index (χ0v) is 10.6. The molecule has 0 radical (unpaired) electrons. The predicted molar refractivity (Wildman–Crippen MR) is 64.1 cm³/mol. The van der Waals surface area contributed by atoms with Crippen LogP contribution in [0.1, 0.15) is 0 Å². The zero-order chi connectivity index (χ0) is 12.7. The molecule has 6 aliphatic rings. The van der Waals surface area contributed by atoms with Gasteiger partial charge >= 0.3 is 5.97 Å². The summed E-state index contributed by atoms with van der Waals surface area (Å²) >= 11 is 5.12. The Morgan fingerprint density at radius 3 is 2.42 bits per heavy atom. The van der Waals surface area contributed by atoms with Gasteiger partial charge in [0.05, 0.1) is 5.41 Å². The van der Waals surface area contributed by atoms with Gasteiger partial charge in [-0.2, -0.15) is 4.73 Å². The van der Waals surface area contributed by atoms with E-state index >= 15 is 0 Å². The van der Waals surface area contributed by atoms with Crippen molar-refractivity contribution in [1.29, 1.82) is 0 Å². The second-order valence-electron chi connectivity index (χ2n) is 6.66. The van der Waals surface area contributed by atoms with Gasteiger partial charge in [-0.25, -0.2) is 9.18 Å². The number of alkyl halides is 1.